The number of rotatable bonds is 1. The Hall–Kier alpha value is -2.05. The molecular weight excluding hydrogens is 285 g/mol. The molecule has 0 saturated carbocycles. The first-order chi connectivity index (χ1) is 9.99. The fourth-order valence-corrected chi connectivity index (χ4v) is 3.05. The molecule has 3 rings (SSSR count). The van der Waals surface area contributed by atoms with Crippen LogP contribution < -0.4 is 5.32 Å². The summed E-state index contributed by atoms with van der Waals surface area (Å²) in [6, 6.07) is 1.07. The van der Waals surface area contributed by atoms with Crippen molar-refractivity contribution in [1.29, 1.82) is 0 Å². The van der Waals surface area contributed by atoms with E-state index in [1.165, 1.54) is 4.90 Å². The largest absolute Gasteiger partial charge is 0.354 e. The predicted molar refractivity (Wildman–Crippen MR) is 66.9 cm³/mol. The van der Waals surface area contributed by atoms with Crippen LogP contribution in [0.3, 0.4) is 0 Å². The van der Waals surface area contributed by atoms with Crippen molar-refractivity contribution in [1.82, 2.24) is 10.2 Å². The van der Waals surface area contributed by atoms with E-state index in [-0.39, 0.29) is 23.4 Å². The van der Waals surface area contributed by atoms with Gasteiger partial charge in [0.05, 0.1) is 12.0 Å². The molecule has 2 heterocycles. The zero-order valence-electron chi connectivity index (χ0n) is 11.0. The molecular formula is C14H13F3N2O2. The van der Waals surface area contributed by atoms with E-state index in [0.29, 0.717) is 38.1 Å². The molecule has 1 aromatic rings. The van der Waals surface area contributed by atoms with Crippen LogP contribution in [-0.4, -0.2) is 35.8 Å². The van der Waals surface area contributed by atoms with Gasteiger partial charge in [-0.25, -0.2) is 13.2 Å². The average Bonchev–Trinajstić information content (AvgIpc) is 2.85. The quantitative estimate of drug-likeness (QED) is 0.798. The van der Waals surface area contributed by atoms with Gasteiger partial charge in [0.15, 0.2) is 17.5 Å². The highest BCUT2D eigenvalue weighted by Crippen LogP contribution is 2.29. The predicted octanol–water partition coefficient (Wildman–Crippen LogP) is 1.45. The van der Waals surface area contributed by atoms with Crippen molar-refractivity contribution in [3.8, 4) is 0 Å². The van der Waals surface area contributed by atoms with E-state index in [1.54, 1.807) is 0 Å². The smallest absolute Gasteiger partial charge is 0.254 e. The molecule has 0 radical (unpaired) electrons. The zero-order chi connectivity index (χ0) is 15.1. The van der Waals surface area contributed by atoms with Crippen LogP contribution in [0.25, 0.3) is 0 Å². The summed E-state index contributed by atoms with van der Waals surface area (Å²) in [7, 11) is 0. The number of benzene rings is 1. The molecule has 0 bridgehead atoms. The number of hydrogen-bond acceptors (Lipinski definition) is 2. The van der Waals surface area contributed by atoms with Gasteiger partial charge in [-0.1, -0.05) is 0 Å². The van der Waals surface area contributed by atoms with Crippen LogP contribution >= 0.6 is 0 Å². The van der Waals surface area contributed by atoms with E-state index in [4.69, 9.17) is 0 Å². The summed E-state index contributed by atoms with van der Waals surface area (Å²) < 4.78 is 39.4. The monoisotopic (exact) mass is 298 g/mol. The maximum atomic E-state index is 13.2. The lowest BCUT2D eigenvalue weighted by atomic mass is 9.91. The van der Waals surface area contributed by atoms with E-state index in [0.717, 1.165) is 0 Å². The van der Waals surface area contributed by atoms with Gasteiger partial charge < -0.3 is 10.2 Å². The molecule has 2 atom stereocenters. The van der Waals surface area contributed by atoms with E-state index in [1.807, 2.05) is 0 Å². The number of nitrogens with one attached hydrogen (secondary N) is 1. The molecule has 0 aliphatic carbocycles. The van der Waals surface area contributed by atoms with E-state index < -0.39 is 23.4 Å². The van der Waals surface area contributed by atoms with Crippen molar-refractivity contribution in [3.63, 3.8) is 0 Å². The third kappa shape index (κ3) is 2.26. The van der Waals surface area contributed by atoms with Gasteiger partial charge >= 0.3 is 0 Å². The summed E-state index contributed by atoms with van der Waals surface area (Å²) >= 11 is 0. The molecule has 2 saturated heterocycles. The Balaban J connectivity index is 1.90. The lowest BCUT2D eigenvalue weighted by molar-refractivity contribution is -0.123. The fraction of sp³-hybridized carbons (Fsp3) is 0.429. The van der Waals surface area contributed by atoms with Crippen LogP contribution in [-0.2, 0) is 4.79 Å². The molecule has 2 aliphatic rings. The highest BCUT2D eigenvalue weighted by atomic mass is 19.2. The standard InChI is InChI=1S/C14H13F3N2O2/c15-9-4-7(5-10(16)12(9)17)14(21)19-3-1-2-8-11(19)6-18-13(8)20/h4-5,8,11H,1-3,6H2,(H,18,20). The Kier molecular flexibility index (Phi) is 3.35. The summed E-state index contributed by atoms with van der Waals surface area (Å²) in [6.45, 7) is 0.747. The molecule has 4 nitrogen and oxygen atoms in total. The number of amides is 2. The van der Waals surface area contributed by atoms with E-state index in [2.05, 4.69) is 5.32 Å². The van der Waals surface area contributed by atoms with Crippen LogP contribution in [0.2, 0.25) is 0 Å². The number of fused-ring (bicyclic) bond motifs is 1. The van der Waals surface area contributed by atoms with Gasteiger partial charge in [-0.3, -0.25) is 9.59 Å². The molecule has 1 aromatic carbocycles. The number of likely N-dealkylation sites (tertiary alicyclic amines) is 1. The number of carbonyl (C=O) groups is 2. The Morgan fingerprint density at radius 2 is 1.90 bits per heavy atom. The Bertz CT molecular complexity index is 597. The van der Waals surface area contributed by atoms with Crippen LogP contribution in [0, 0.1) is 23.4 Å². The topological polar surface area (TPSA) is 49.4 Å². The van der Waals surface area contributed by atoms with Crippen molar-refractivity contribution in [2.45, 2.75) is 18.9 Å². The maximum Gasteiger partial charge on any atom is 0.254 e. The summed E-state index contributed by atoms with van der Waals surface area (Å²) in [5.41, 5.74) is -0.244. The number of piperidine rings is 1. The molecule has 7 heteroatoms. The maximum absolute atomic E-state index is 13.2. The Labute approximate surface area is 118 Å². The number of halogens is 3. The average molecular weight is 298 g/mol. The van der Waals surface area contributed by atoms with Crippen molar-refractivity contribution in [2.75, 3.05) is 13.1 Å². The second-order valence-electron chi connectivity index (χ2n) is 5.31. The second-order valence-corrected chi connectivity index (χ2v) is 5.31. The summed E-state index contributed by atoms with van der Waals surface area (Å²) in [5, 5.41) is 2.69. The summed E-state index contributed by atoms with van der Waals surface area (Å²) in [5.74, 6) is -5.35. The van der Waals surface area contributed by atoms with E-state index >= 15 is 0 Å². The Morgan fingerprint density at radius 3 is 2.57 bits per heavy atom. The molecule has 112 valence electrons. The van der Waals surface area contributed by atoms with Crippen molar-refractivity contribution in [2.24, 2.45) is 5.92 Å². The van der Waals surface area contributed by atoms with Gasteiger partial charge in [-0.2, -0.15) is 0 Å². The Morgan fingerprint density at radius 1 is 1.24 bits per heavy atom. The highest BCUT2D eigenvalue weighted by molar-refractivity contribution is 5.95. The van der Waals surface area contributed by atoms with Crippen molar-refractivity contribution >= 4 is 11.8 Å². The SMILES string of the molecule is O=C1NCC2C1CCCN2C(=O)c1cc(F)c(F)c(F)c1. The van der Waals surface area contributed by atoms with Gasteiger partial charge in [-0.05, 0) is 25.0 Å². The third-order valence-corrected chi connectivity index (χ3v) is 4.09. The summed E-state index contributed by atoms with van der Waals surface area (Å²) in [6.07, 6.45) is 1.33. The fourth-order valence-electron chi connectivity index (χ4n) is 3.05. The number of hydrogen-bond donors (Lipinski definition) is 1. The summed E-state index contributed by atoms with van der Waals surface area (Å²) in [4.78, 5) is 25.5. The molecule has 1 N–H and O–H groups in total. The normalized spacial score (nSPS) is 24.7. The van der Waals surface area contributed by atoms with Crippen molar-refractivity contribution in [3.05, 3.63) is 35.1 Å². The van der Waals surface area contributed by atoms with Crippen molar-refractivity contribution < 1.29 is 22.8 Å². The van der Waals surface area contributed by atoms with Gasteiger partial charge in [-0.15, -0.1) is 0 Å². The second kappa shape index (κ2) is 5.05. The highest BCUT2D eigenvalue weighted by Gasteiger charge is 2.42. The minimum absolute atomic E-state index is 0.103. The van der Waals surface area contributed by atoms with E-state index in [9.17, 15) is 22.8 Å². The first kappa shape index (κ1) is 13.9. The first-order valence-corrected chi connectivity index (χ1v) is 6.72. The van der Waals surface area contributed by atoms with Crippen LogP contribution in [0.4, 0.5) is 13.2 Å². The van der Waals surface area contributed by atoms with Crippen LogP contribution in [0.1, 0.15) is 23.2 Å². The molecule has 0 spiro atoms. The van der Waals surface area contributed by atoms with Gasteiger partial charge in [0.2, 0.25) is 5.91 Å². The zero-order valence-corrected chi connectivity index (χ0v) is 11.0. The third-order valence-electron chi connectivity index (χ3n) is 4.09. The molecule has 0 aromatic heterocycles. The van der Waals surface area contributed by atoms with Crippen LogP contribution in [0.15, 0.2) is 12.1 Å². The van der Waals surface area contributed by atoms with Crippen LogP contribution in [0.5, 0.6) is 0 Å². The minimum Gasteiger partial charge on any atom is -0.354 e. The van der Waals surface area contributed by atoms with Gasteiger partial charge in [0.25, 0.3) is 5.91 Å². The minimum atomic E-state index is -1.60. The molecule has 2 fully saturated rings. The molecule has 2 amide bonds. The molecule has 2 unspecified atom stereocenters. The lowest BCUT2D eigenvalue weighted by Gasteiger charge is -2.36. The molecule has 2 aliphatic heterocycles. The first-order valence-electron chi connectivity index (χ1n) is 6.72. The lowest BCUT2D eigenvalue weighted by Crippen LogP contribution is -2.48. The van der Waals surface area contributed by atoms with Gasteiger partial charge in [0, 0.05) is 18.7 Å². The number of carbonyl (C=O) groups excluding carboxylic acids is 2. The molecule has 21 heavy (non-hydrogen) atoms. The van der Waals surface area contributed by atoms with Gasteiger partial charge in [0.1, 0.15) is 0 Å². The number of nitrogens with zero attached hydrogens (tertiary/aromatic N) is 1.